The first-order chi connectivity index (χ1) is 8.58. The molecule has 5 heteroatoms. The number of carbonyl (C=O) groups excluding carboxylic acids is 1. The lowest BCUT2D eigenvalue weighted by atomic mass is 10.0. The molecule has 98 valence electrons. The van der Waals surface area contributed by atoms with E-state index in [1.807, 2.05) is 0 Å². The number of piperidine rings is 1. The van der Waals surface area contributed by atoms with Gasteiger partial charge in [-0.15, -0.1) is 0 Å². The Kier molecular flexibility index (Phi) is 3.81. The lowest BCUT2D eigenvalue weighted by molar-refractivity contribution is 0.1000. The van der Waals surface area contributed by atoms with Gasteiger partial charge in [0.05, 0.1) is 0 Å². The maximum absolute atomic E-state index is 13.7. The predicted molar refractivity (Wildman–Crippen MR) is 69.2 cm³/mol. The number of primary amides is 1. The van der Waals surface area contributed by atoms with Gasteiger partial charge < -0.3 is 16.4 Å². The zero-order valence-electron chi connectivity index (χ0n) is 10.4. The molecule has 1 aromatic rings. The molecule has 0 aromatic heterocycles. The topological polar surface area (TPSA) is 67.2 Å². The van der Waals surface area contributed by atoms with Crippen molar-refractivity contribution in [3.63, 3.8) is 0 Å². The number of rotatable bonds is 3. The van der Waals surface area contributed by atoms with Gasteiger partial charge in [0, 0.05) is 29.4 Å². The Bertz CT molecular complexity index is 456. The van der Waals surface area contributed by atoms with Crippen molar-refractivity contribution in [2.45, 2.75) is 25.8 Å². The van der Waals surface area contributed by atoms with Crippen LogP contribution in [0.4, 0.5) is 10.1 Å². The largest absolute Gasteiger partial charge is 0.381 e. The molecule has 0 radical (unpaired) electrons. The van der Waals surface area contributed by atoms with E-state index in [1.165, 1.54) is 6.07 Å². The van der Waals surface area contributed by atoms with Crippen molar-refractivity contribution in [3.05, 3.63) is 29.1 Å². The summed E-state index contributed by atoms with van der Waals surface area (Å²) in [6, 6.07) is 3.07. The third-order valence-corrected chi connectivity index (χ3v) is 3.29. The van der Waals surface area contributed by atoms with Crippen molar-refractivity contribution in [1.82, 2.24) is 5.32 Å². The number of hydrogen-bond donors (Lipinski definition) is 3. The zero-order chi connectivity index (χ0) is 13.1. The third kappa shape index (κ3) is 2.79. The van der Waals surface area contributed by atoms with Gasteiger partial charge in [-0.2, -0.15) is 0 Å². The number of nitrogens with two attached hydrogens (primary N) is 1. The Labute approximate surface area is 106 Å². The first-order valence-corrected chi connectivity index (χ1v) is 6.15. The van der Waals surface area contributed by atoms with Crippen molar-refractivity contribution < 1.29 is 9.18 Å². The number of anilines is 1. The minimum atomic E-state index is -0.612. The number of nitrogens with one attached hydrogen (secondary N) is 2. The molecule has 4 nitrogen and oxygen atoms in total. The second-order valence-electron chi connectivity index (χ2n) is 4.68. The van der Waals surface area contributed by atoms with Crippen LogP contribution in [0.25, 0.3) is 0 Å². The fourth-order valence-electron chi connectivity index (χ4n) is 2.17. The molecule has 1 aromatic carbocycles. The van der Waals surface area contributed by atoms with Gasteiger partial charge in [0.1, 0.15) is 5.82 Å². The van der Waals surface area contributed by atoms with Crippen LogP contribution in [0.1, 0.15) is 28.8 Å². The van der Waals surface area contributed by atoms with E-state index in [1.54, 1.807) is 13.0 Å². The number of amides is 1. The Morgan fingerprint density at radius 3 is 2.94 bits per heavy atom. The van der Waals surface area contributed by atoms with Crippen LogP contribution in [-0.4, -0.2) is 25.0 Å². The number of hydrogen-bond acceptors (Lipinski definition) is 3. The molecule has 0 aliphatic carbocycles. The van der Waals surface area contributed by atoms with Gasteiger partial charge in [-0.25, -0.2) is 4.39 Å². The smallest absolute Gasteiger partial charge is 0.248 e. The number of carbonyl (C=O) groups is 1. The van der Waals surface area contributed by atoms with Crippen LogP contribution in [0, 0.1) is 12.7 Å². The summed E-state index contributed by atoms with van der Waals surface area (Å²) in [6.45, 7) is 3.56. The molecule has 1 heterocycles. The quantitative estimate of drug-likeness (QED) is 0.760. The normalized spacial score (nSPS) is 19.6. The Morgan fingerprint density at radius 1 is 1.56 bits per heavy atom. The van der Waals surface area contributed by atoms with Gasteiger partial charge in [0.25, 0.3) is 0 Å². The molecule has 1 aliphatic rings. The Hall–Kier alpha value is -1.62. The molecule has 1 aliphatic heterocycles. The van der Waals surface area contributed by atoms with Crippen molar-refractivity contribution in [3.8, 4) is 0 Å². The van der Waals surface area contributed by atoms with Gasteiger partial charge >= 0.3 is 0 Å². The maximum Gasteiger partial charge on any atom is 0.248 e. The molecular weight excluding hydrogens is 233 g/mol. The number of benzene rings is 1. The van der Waals surface area contributed by atoms with E-state index in [0.717, 1.165) is 25.9 Å². The lowest BCUT2D eigenvalue weighted by Gasteiger charge is -2.26. The van der Waals surface area contributed by atoms with Crippen molar-refractivity contribution in [1.29, 1.82) is 0 Å². The van der Waals surface area contributed by atoms with E-state index in [4.69, 9.17) is 5.73 Å². The molecule has 0 saturated carbocycles. The SMILES string of the molecule is Cc1c(F)cc(C(N)=O)cc1NC1CCCNC1. The first-order valence-electron chi connectivity index (χ1n) is 6.15. The highest BCUT2D eigenvalue weighted by molar-refractivity contribution is 5.94. The monoisotopic (exact) mass is 251 g/mol. The molecule has 18 heavy (non-hydrogen) atoms. The van der Waals surface area contributed by atoms with E-state index in [-0.39, 0.29) is 11.6 Å². The molecule has 4 N–H and O–H groups in total. The lowest BCUT2D eigenvalue weighted by Crippen LogP contribution is -2.38. The van der Waals surface area contributed by atoms with Gasteiger partial charge in [-0.3, -0.25) is 4.79 Å². The van der Waals surface area contributed by atoms with Crippen LogP contribution in [0.3, 0.4) is 0 Å². The Balaban J connectivity index is 2.22. The van der Waals surface area contributed by atoms with E-state index in [2.05, 4.69) is 10.6 Å². The molecule has 1 amide bonds. The van der Waals surface area contributed by atoms with Crippen LogP contribution < -0.4 is 16.4 Å². The highest BCUT2D eigenvalue weighted by atomic mass is 19.1. The van der Waals surface area contributed by atoms with Gasteiger partial charge in [0.15, 0.2) is 0 Å². The van der Waals surface area contributed by atoms with Crippen LogP contribution in [0.2, 0.25) is 0 Å². The first kappa shape index (κ1) is 12.8. The Morgan fingerprint density at radius 2 is 2.33 bits per heavy atom. The van der Waals surface area contributed by atoms with Crippen molar-refractivity contribution in [2.75, 3.05) is 18.4 Å². The van der Waals surface area contributed by atoms with E-state index in [9.17, 15) is 9.18 Å². The second-order valence-corrected chi connectivity index (χ2v) is 4.68. The number of halogens is 1. The molecule has 1 atom stereocenters. The van der Waals surface area contributed by atoms with Crippen molar-refractivity contribution >= 4 is 11.6 Å². The van der Waals surface area contributed by atoms with Gasteiger partial charge in [-0.1, -0.05) is 0 Å². The van der Waals surface area contributed by atoms with E-state index in [0.29, 0.717) is 11.3 Å². The zero-order valence-corrected chi connectivity index (χ0v) is 10.4. The minimum Gasteiger partial charge on any atom is -0.381 e. The molecule has 0 spiro atoms. The van der Waals surface area contributed by atoms with Crippen molar-refractivity contribution in [2.24, 2.45) is 5.73 Å². The summed E-state index contributed by atoms with van der Waals surface area (Å²) >= 11 is 0. The maximum atomic E-state index is 13.7. The third-order valence-electron chi connectivity index (χ3n) is 3.29. The fourth-order valence-corrected chi connectivity index (χ4v) is 2.17. The summed E-state index contributed by atoms with van der Waals surface area (Å²) in [5.41, 5.74) is 6.56. The molecule has 1 unspecified atom stereocenters. The van der Waals surface area contributed by atoms with E-state index < -0.39 is 11.7 Å². The molecule has 0 bridgehead atoms. The highest BCUT2D eigenvalue weighted by Crippen LogP contribution is 2.22. The van der Waals surface area contributed by atoms with Crippen LogP contribution >= 0.6 is 0 Å². The molecule has 1 fully saturated rings. The summed E-state index contributed by atoms with van der Waals surface area (Å²) in [7, 11) is 0. The standard InChI is InChI=1S/C13H18FN3O/c1-8-11(14)5-9(13(15)18)6-12(8)17-10-3-2-4-16-7-10/h5-6,10,16-17H,2-4,7H2,1H3,(H2,15,18). The summed E-state index contributed by atoms with van der Waals surface area (Å²) in [4.78, 5) is 11.1. The predicted octanol–water partition coefficient (Wildman–Crippen LogP) is 1.40. The van der Waals surface area contributed by atoms with Gasteiger partial charge in [-0.05, 0) is 38.4 Å². The minimum absolute atomic E-state index is 0.198. The highest BCUT2D eigenvalue weighted by Gasteiger charge is 2.16. The molecular formula is C13H18FN3O. The molecule has 2 rings (SSSR count). The van der Waals surface area contributed by atoms with Crippen LogP contribution in [0.15, 0.2) is 12.1 Å². The molecule has 1 saturated heterocycles. The second kappa shape index (κ2) is 5.35. The van der Waals surface area contributed by atoms with Crippen LogP contribution in [-0.2, 0) is 0 Å². The van der Waals surface area contributed by atoms with Crippen LogP contribution in [0.5, 0.6) is 0 Å². The summed E-state index contributed by atoms with van der Waals surface area (Å²) < 4.78 is 13.7. The average molecular weight is 251 g/mol. The average Bonchev–Trinajstić information content (AvgIpc) is 2.35. The summed E-state index contributed by atoms with van der Waals surface area (Å²) in [6.07, 6.45) is 2.13. The fraction of sp³-hybridized carbons (Fsp3) is 0.462. The van der Waals surface area contributed by atoms with Gasteiger partial charge in [0.2, 0.25) is 5.91 Å². The summed E-state index contributed by atoms with van der Waals surface area (Å²) in [5, 5.41) is 6.55. The summed E-state index contributed by atoms with van der Waals surface area (Å²) in [5.74, 6) is -1.02. The van der Waals surface area contributed by atoms with E-state index >= 15 is 0 Å².